The van der Waals surface area contributed by atoms with Crippen LogP contribution in [0.2, 0.25) is 5.02 Å². The van der Waals surface area contributed by atoms with Crippen molar-refractivity contribution in [1.82, 2.24) is 10.6 Å². The average Bonchev–Trinajstić information content (AvgIpc) is 2.51. The van der Waals surface area contributed by atoms with Crippen molar-refractivity contribution < 1.29 is 14.7 Å². The van der Waals surface area contributed by atoms with Crippen LogP contribution in [0.15, 0.2) is 36.0 Å². The summed E-state index contributed by atoms with van der Waals surface area (Å²) >= 11 is 6.02. The number of nitrogens with zero attached hydrogens (tertiary/aromatic N) is 1. The molecule has 0 heterocycles. The van der Waals surface area contributed by atoms with Crippen LogP contribution in [0, 0.1) is 17.2 Å². The number of hydrogen-bond acceptors (Lipinski definition) is 4. The predicted octanol–water partition coefficient (Wildman–Crippen LogP) is 2.45. The number of aliphatic carboxylic acids is 1. The highest BCUT2D eigenvalue weighted by Crippen LogP contribution is 2.14. The van der Waals surface area contributed by atoms with Crippen molar-refractivity contribution in [3.8, 4) is 6.07 Å². The summed E-state index contributed by atoms with van der Waals surface area (Å²) in [4.78, 5) is 23.2. The van der Waals surface area contributed by atoms with Crippen molar-refractivity contribution in [2.75, 3.05) is 0 Å². The number of carboxylic acid groups (broad SMARTS) is 1. The molecule has 1 aromatic rings. The summed E-state index contributed by atoms with van der Waals surface area (Å²) in [5, 5.41) is 24.0. The Bertz CT molecular complexity index is 665. The maximum Gasteiger partial charge on any atom is 0.326 e. The monoisotopic (exact) mass is 349 g/mol. The first-order valence-electron chi connectivity index (χ1n) is 7.45. The number of rotatable bonds is 8. The Morgan fingerprint density at radius 3 is 2.58 bits per heavy atom. The summed E-state index contributed by atoms with van der Waals surface area (Å²) in [6.07, 6.45) is 1.54. The lowest BCUT2D eigenvalue weighted by Crippen LogP contribution is -2.42. The predicted molar refractivity (Wildman–Crippen MR) is 91.0 cm³/mol. The first-order valence-corrected chi connectivity index (χ1v) is 7.83. The zero-order valence-electron chi connectivity index (χ0n) is 13.5. The van der Waals surface area contributed by atoms with Gasteiger partial charge < -0.3 is 15.7 Å². The van der Waals surface area contributed by atoms with Crippen LogP contribution in [0.25, 0.3) is 0 Å². The zero-order chi connectivity index (χ0) is 18.1. The molecule has 0 aromatic heterocycles. The van der Waals surface area contributed by atoms with Gasteiger partial charge in [-0.05, 0) is 24.0 Å². The van der Waals surface area contributed by atoms with E-state index in [4.69, 9.17) is 22.0 Å². The second-order valence-electron chi connectivity index (χ2n) is 5.64. The summed E-state index contributed by atoms with van der Waals surface area (Å²) in [6.45, 7) is 4.05. The molecule has 24 heavy (non-hydrogen) atoms. The fourth-order valence-electron chi connectivity index (χ4n) is 1.98. The number of nitriles is 1. The lowest BCUT2D eigenvalue weighted by Gasteiger charge is -2.16. The Hall–Kier alpha value is -2.52. The van der Waals surface area contributed by atoms with Crippen molar-refractivity contribution in [3.63, 3.8) is 0 Å². The molecule has 1 atom stereocenters. The number of carbonyl (C=O) groups is 2. The topological polar surface area (TPSA) is 102 Å². The third-order valence-corrected chi connectivity index (χ3v) is 3.54. The molecule has 128 valence electrons. The summed E-state index contributed by atoms with van der Waals surface area (Å²) in [5.74, 6) is -1.75. The molecule has 0 aliphatic carbocycles. The normalized spacial score (nSPS) is 12.4. The molecule has 1 amide bonds. The van der Waals surface area contributed by atoms with Gasteiger partial charge in [0.25, 0.3) is 5.91 Å². The molecular formula is C17H20ClN3O3. The van der Waals surface area contributed by atoms with Crippen LogP contribution in [0.3, 0.4) is 0 Å². The van der Waals surface area contributed by atoms with Gasteiger partial charge in [0.2, 0.25) is 0 Å². The van der Waals surface area contributed by atoms with Crippen molar-refractivity contribution in [3.05, 3.63) is 46.6 Å². The fourth-order valence-corrected chi connectivity index (χ4v) is 2.18. The molecule has 1 aromatic carbocycles. The van der Waals surface area contributed by atoms with Crippen LogP contribution in [0.4, 0.5) is 0 Å². The van der Waals surface area contributed by atoms with E-state index in [0.717, 1.165) is 5.56 Å². The molecule has 0 spiro atoms. The Labute approximate surface area is 146 Å². The number of nitrogens with one attached hydrogen (secondary N) is 2. The third-order valence-electron chi connectivity index (χ3n) is 3.17. The van der Waals surface area contributed by atoms with Gasteiger partial charge in [-0.3, -0.25) is 4.79 Å². The molecule has 0 radical (unpaired) electrons. The minimum Gasteiger partial charge on any atom is -0.480 e. The molecule has 0 bridgehead atoms. The molecule has 0 saturated carbocycles. The molecule has 0 aliphatic heterocycles. The number of amides is 1. The maximum absolute atomic E-state index is 12.0. The molecule has 0 fully saturated rings. The van der Waals surface area contributed by atoms with E-state index in [-0.39, 0.29) is 17.9 Å². The van der Waals surface area contributed by atoms with Crippen molar-refractivity contribution in [1.29, 1.82) is 5.26 Å². The number of carbonyl (C=O) groups excluding carboxylic acids is 1. The Balaban J connectivity index is 2.70. The van der Waals surface area contributed by atoms with Crippen LogP contribution >= 0.6 is 11.6 Å². The second kappa shape index (κ2) is 9.58. The first kappa shape index (κ1) is 19.5. The largest absolute Gasteiger partial charge is 0.480 e. The van der Waals surface area contributed by atoms with Crippen LogP contribution in [0.1, 0.15) is 25.8 Å². The van der Waals surface area contributed by atoms with Crippen LogP contribution in [-0.2, 0) is 16.1 Å². The van der Waals surface area contributed by atoms with Crippen LogP contribution in [-0.4, -0.2) is 23.0 Å². The molecule has 6 nitrogen and oxygen atoms in total. The molecule has 7 heteroatoms. The van der Waals surface area contributed by atoms with Gasteiger partial charge in [-0.15, -0.1) is 0 Å². The van der Waals surface area contributed by atoms with Gasteiger partial charge in [-0.25, -0.2) is 4.79 Å². The summed E-state index contributed by atoms with van der Waals surface area (Å²) in [5.41, 5.74) is 0.619. The van der Waals surface area contributed by atoms with Crippen molar-refractivity contribution in [2.24, 2.45) is 5.92 Å². The van der Waals surface area contributed by atoms with Crippen LogP contribution in [0.5, 0.6) is 0 Å². The molecule has 1 unspecified atom stereocenters. The fraction of sp³-hybridized carbons (Fsp3) is 0.353. The number of benzene rings is 1. The van der Waals surface area contributed by atoms with Crippen molar-refractivity contribution in [2.45, 2.75) is 32.9 Å². The maximum atomic E-state index is 12.0. The van der Waals surface area contributed by atoms with E-state index in [2.05, 4.69) is 10.6 Å². The van der Waals surface area contributed by atoms with Gasteiger partial charge in [0.15, 0.2) is 0 Å². The van der Waals surface area contributed by atoms with Gasteiger partial charge in [0.1, 0.15) is 17.7 Å². The van der Waals surface area contributed by atoms with Gasteiger partial charge in [-0.1, -0.05) is 43.6 Å². The van der Waals surface area contributed by atoms with E-state index in [0.29, 0.717) is 11.6 Å². The molecule has 1 rings (SSSR count). The van der Waals surface area contributed by atoms with E-state index >= 15 is 0 Å². The quantitative estimate of drug-likeness (QED) is 0.494. The third kappa shape index (κ3) is 6.31. The highest BCUT2D eigenvalue weighted by Gasteiger charge is 2.22. The Morgan fingerprint density at radius 1 is 1.38 bits per heavy atom. The first-order chi connectivity index (χ1) is 11.3. The minimum absolute atomic E-state index is 0.0965. The smallest absolute Gasteiger partial charge is 0.326 e. The number of carboxylic acids is 1. The second-order valence-corrected chi connectivity index (χ2v) is 6.04. The van der Waals surface area contributed by atoms with Gasteiger partial charge >= 0.3 is 5.97 Å². The highest BCUT2D eigenvalue weighted by atomic mass is 35.5. The standard InChI is InChI=1S/C17H20ClN3O3/c1-11(2)7-15(17(23)24)21-16(22)13(8-19)10-20-9-12-5-3-4-6-14(12)18/h3-6,10-11,15,20H,7,9H2,1-2H3,(H,21,22)(H,23,24)/b13-10-. The average molecular weight is 350 g/mol. The van der Waals surface area contributed by atoms with Gasteiger partial charge in [-0.2, -0.15) is 5.26 Å². The zero-order valence-corrected chi connectivity index (χ0v) is 14.3. The number of halogens is 1. The molecule has 3 N–H and O–H groups in total. The highest BCUT2D eigenvalue weighted by molar-refractivity contribution is 6.31. The lowest BCUT2D eigenvalue weighted by atomic mass is 10.0. The lowest BCUT2D eigenvalue weighted by molar-refractivity contribution is -0.141. The molecule has 0 aliphatic rings. The molecular weight excluding hydrogens is 330 g/mol. The Kier molecular flexibility index (Phi) is 7.80. The minimum atomic E-state index is -1.13. The van der Waals surface area contributed by atoms with Crippen molar-refractivity contribution >= 4 is 23.5 Å². The van der Waals surface area contributed by atoms with Crippen LogP contribution < -0.4 is 10.6 Å². The van der Waals surface area contributed by atoms with E-state index in [1.807, 2.05) is 26.0 Å². The summed E-state index contributed by atoms with van der Waals surface area (Å²) in [6, 6.07) is 7.92. The van der Waals surface area contributed by atoms with Gasteiger partial charge in [0.05, 0.1) is 0 Å². The van der Waals surface area contributed by atoms with E-state index < -0.39 is 17.9 Å². The molecule has 0 saturated heterocycles. The number of hydrogen-bond donors (Lipinski definition) is 3. The van der Waals surface area contributed by atoms with E-state index in [9.17, 15) is 9.59 Å². The van der Waals surface area contributed by atoms with Gasteiger partial charge in [0, 0.05) is 17.8 Å². The Morgan fingerprint density at radius 2 is 2.04 bits per heavy atom. The SMILES string of the molecule is CC(C)CC(NC(=O)/C(C#N)=C\NCc1ccccc1Cl)C(=O)O. The van der Waals surface area contributed by atoms with E-state index in [1.54, 1.807) is 18.2 Å². The van der Waals surface area contributed by atoms with E-state index in [1.165, 1.54) is 6.20 Å². The summed E-state index contributed by atoms with van der Waals surface area (Å²) in [7, 11) is 0. The summed E-state index contributed by atoms with van der Waals surface area (Å²) < 4.78 is 0.